The highest BCUT2D eigenvalue weighted by Crippen LogP contribution is 2.13. The van der Waals surface area contributed by atoms with Crippen LogP contribution in [0.2, 0.25) is 0 Å². The molecule has 0 radical (unpaired) electrons. The van der Waals surface area contributed by atoms with Gasteiger partial charge in [0.25, 0.3) is 0 Å². The first-order valence-electron chi connectivity index (χ1n) is 7.39. The molecule has 1 aromatic rings. The molecule has 0 spiro atoms. The van der Waals surface area contributed by atoms with Crippen molar-refractivity contribution in [2.75, 3.05) is 30.0 Å². The predicted octanol–water partition coefficient (Wildman–Crippen LogP) is 2.23. The average molecular weight is 324 g/mol. The lowest BCUT2D eigenvalue weighted by Crippen LogP contribution is -2.42. The van der Waals surface area contributed by atoms with Crippen molar-refractivity contribution in [3.05, 3.63) is 30.3 Å². The van der Waals surface area contributed by atoms with E-state index in [1.54, 1.807) is 11.8 Å². The lowest BCUT2D eigenvalue weighted by atomic mass is 10.2. The Morgan fingerprint density at radius 2 is 2.00 bits per heavy atom. The molecule has 1 atom stereocenters. The van der Waals surface area contributed by atoms with Gasteiger partial charge in [-0.25, -0.2) is 4.79 Å². The number of hydrogen-bond donors (Lipinski definition) is 2. The summed E-state index contributed by atoms with van der Waals surface area (Å²) in [5, 5.41) is 11.7. The molecular formula is C16H24N2O3S. The lowest BCUT2D eigenvalue weighted by Gasteiger charge is -2.23. The summed E-state index contributed by atoms with van der Waals surface area (Å²) in [6, 6.07) is 9.07. The minimum atomic E-state index is -0.974. The Balaban J connectivity index is 2.48. The molecule has 6 heteroatoms. The molecule has 0 aliphatic heterocycles. The van der Waals surface area contributed by atoms with Crippen LogP contribution in [-0.2, 0) is 9.59 Å². The van der Waals surface area contributed by atoms with Crippen molar-refractivity contribution in [1.82, 2.24) is 5.32 Å². The molecule has 1 aromatic carbocycles. The van der Waals surface area contributed by atoms with Gasteiger partial charge in [-0.15, -0.1) is 0 Å². The van der Waals surface area contributed by atoms with Crippen LogP contribution < -0.4 is 10.2 Å². The van der Waals surface area contributed by atoms with Crippen molar-refractivity contribution in [2.24, 2.45) is 0 Å². The number of carboxylic acid groups (broad SMARTS) is 1. The third kappa shape index (κ3) is 6.39. The number of benzene rings is 1. The predicted molar refractivity (Wildman–Crippen MR) is 91.5 cm³/mol. The number of carbonyl (C=O) groups is 2. The number of nitrogens with one attached hydrogen (secondary N) is 1. The van der Waals surface area contributed by atoms with Crippen LogP contribution in [0, 0.1) is 0 Å². The maximum absolute atomic E-state index is 12.0. The summed E-state index contributed by atoms with van der Waals surface area (Å²) in [5.74, 6) is -0.483. The van der Waals surface area contributed by atoms with E-state index in [4.69, 9.17) is 5.11 Å². The highest BCUT2D eigenvalue weighted by atomic mass is 32.2. The van der Waals surface area contributed by atoms with Gasteiger partial charge in [0.15, 0.2) is 0 Å². The largest absolute Gasteiger partial charge is 0.480 e. The van der Waals surface area contributed by atoms with E-state index in [0.717, 1.165) is 12.2 Å². The molecule has 0 aromatic heterocycles. The van der Waals surface area contributed by atoms with E-state index in [0.29, 0.717) is 18.7 Å². The second kappa shape index (κ2) is 10.1. The van der Waals surface area contributed by atoms with Crippen LogP contribution in [-0.4, -0.2) is 48.1 Å². The minimum absolute atomic E-state index is 0.220. The molecule has 122 valence electrons. The number of carboxylic acids is 1. The van der Waals surface area contributed by atoms with Gasteiger partial charge in [-0.1, -0.05) is 18.2 Å². The molecule has 0 saturated carbocycles. The Labute approximate surface area is 136 Å². The van der Waals surface area contributed by atoms with Gasteiger partial charge in [0, 0.05) is 25.2 Å². The highest BCUT2D eigenvalue weighted by Gasteiger charge is 2.19. The molecule has 1 rings (SSSR count). The van der Waals surface area contributed by atoms with Crippen molar-refractivity contribution in [3.63, 3.8) is 0 Å². The third-order valence-corrected chi connectivity index (χ3v) is 4.00. The average Bonchev–Trinajstić information content (AvgIpc) is 2.52. The van der Waals surface area contributed by atoms with E-state index >= 15 is 0 Å². The van der Waals surface area contributed by atoms with Crippen LogP contribution in [0.5, 0.6) is 0 Å². The molecule has 2 N–H and O–H groups in total. The van der Waals surface area contributed by atoms with E-state index in [2.05, 4.69) is 10.2 Å². The fraction of sp³-hybridized carbons (Fsp3) is 0.500. The summed E-state index contributed by atoms with van der Waals surface area (Å²) in [6.07, 6.45) is 2.64. The molecular weight excluding hydrogens is 300 g/mol. The Kier molecular flexibility index (Phi) is 8.43. The number of para-hydroxylation sites is 1. The Morgan fingerprint density at radius 3 is 2.55 bits per heavy atom. The molecule has 0 bridgehead atoms. The fourth-order valence-corrected chi connectivity index (χ4v) is 2.58. The van der Waals surface area contributed by atoms with Gasteiger partial charge in [0.05, 0.1) is 0 Å². The molecule has 22 heavy (non-hydrogen) atoms. The normalized spacial score (nSPS) is 11.7. The summed E-state index contributed by atoms with van der Waals surface area (Å²) >= 11 is 1.57. The van der Waals surface area contributed by atoms with Crippen LogP contribution in [0.1, 0.15) is 19.8 Å². The van der Waals surface area contributed by atoms with Gasteiger partial charge in [-0.3, -0.25) is 4.79 Å². The molecule has 1 unspecified atom stereocenters. The first-order valence-corrected chi connectivity index (χ1v) is 8.79. The topological polar surface area (TPSA) is 69.6 Å². The molecule has 5 nitrogen and oxygen atoms in total. The van der Waals surface area contributed by atoms with E-state index in [1.807, 2.05) is 43.5 Å². The zero-order valence-electron chi connectivity index (χ0n) is 13.1. The van der Waals surface area contributed by atoms with Gasteiger partial charge < -0.3 is 15.3 Å². The zero-order valence-corrected chi connectivity index (χ0v) is 13.9. The molecule has 0 heterocycles. The van der Waals surface area contributed by atoms with Gasteiger partial charge in [0.2, 0.25) is 5.91 Å². The van der Waals surface area contributed by atoms with E-state index in [1.165, 1.54) is 0 Å². The monoisotopic (exact) mass is 324 g/mol. The second-order valence-corrected chi connectivity index (χ2v) is 5.89. The van der Waals surface area contributed by atoms with Crippen LogP contribution in [0.25, 0.3) is 0 Å². The summed E-state index contributed by atoms with van der Waals surface area (Å²) < 4.78 is 0. The smallest absolute Gasteiger partial charge is 0.326 e. The summed E-state index contributed by atoms with van der Waals surface area (Å²) in [5.41, 5.74) is 1.06. The fourth-order valence-electron chi connectivity index (χ4n) is 2.10. The van der Waals surface area contributed by atoms with E-state index in [-0.39, 0.29) is 12.3 Å². The van der Waals surface area contributed by atoms with Crippen LogP contribution in [0.15, 0.2) is 30.3 Å². The van der Waals surface area contributed by atoms with Crippen molar-refractivity contribution in [3.8, 4) is 0 Å². The van der Waals surface area contributed by atoms with Crippen molar-refractivity contribution >= 4 is 29.3 Å². The molecule has 0 aliphatic rings. The summed E-state index contributed by atoms with van der Waals surface area (Å²) in [7, 11) is 0. The minimum Gasteiger partial charge on any atom is -0.480 e. The number of amides is 1. The first kappa shape index (κ1) is 18.4. The van der Waals surface area contributed by atoms with Gasteiger partial charge in [-0.2, -0.15) is 11.8 Å². The number of thioether (sulfide) groups is 1. The zero-order chi connectivity index (χ0) is 16.4. The Hall–Kier alpha value is -1.69. The van der Waals surface area contributed by atoms with Gasteiger partial charge in [0.1, 0.15) is 6.04 Å². The van der Waals surface area contributed by atoms with Crippen LogP contribution in [0.4, 0.5) is 5.69 Å². The van der Waals surface area contributed by atoms with E-state index in [9.17, 15) is 9.59 Å². The third-order valence-electron chi connectivity index (χ3n) is 3.36. The number of aliphatic carboxylic acids is 1. The van der Waals surface area contributed by atoms with Gasteiger partial charge >= 0.3 is 5.97 Å². The molecule has 1 amide bonds. The SMILES string of the molecule is CCN(CCC(=O)NC(CCSC)C(=O)O)c1ccccc1. The van der Waals surface area contributed by atoms with Crippen LogP contribution >= 0.6 is 11.8 Å². The summed E-state index contributed by atoms with van der Waals surface area (Å²) in [4.78, 5) is 25.2. The Bertz CT molecular complexity index is 468. The lowest BCUT2D eigenvalue weighted by molar-refractivity contribution is -0.141. The molecule has 0 aliphatic carbocycles. The molecule has 0 fully saturated rings. The first-order chi connectivity index (χ1) is 10.6. The summed E-state index contributed by atoms with van der Waals surface area (Å²) in [6.45, 7) is 3.40. The quantitative estimate of drug-likeness (QED) is 0.691. The number of anilines is 1. The Morgan fingerprint density at radius 1 is 1.32 bits per heavy atom. The second-order valence-electron chi connectivity index (χ2n) is 4.91. The highest BCUT2D eigenvalue weighted by molar-refractivity contribution is 7.98. The van der Waals surface area contributed by atoms with Crippen molar-refractivity contribution in [2.45, 2.75) is 25.8 Å². The van der Waals surface area contributed by atoms with Crippen molar-refractivity contribution in [1.29, 1.82) is 0 Å². The van der Waals surface area contributed by atoms with Crippen LogP contribution in [0.3, 0.4) is 0 Å². The number of nitrogens with zero attached hydrogens (tertiary/aromatic N) is 1. The number of carbonyl (C=O) groups excluding carboxylic acids is 1. The number of rotatable bonds is 10. The standard InChI is InChI=1S/C16H24N2O3S/c1-3-18(13-7-5-4-6-8-13)11-9-15(19)17-14(16(20)21)10-12-22-2/h4-8,14H,3,9-12H2,1-2H3,(H,17,19)(H,20,21). The molecule has 0 saturated heterocycles. The number of hydrogen-bond acceptors (Lipinski definition) is 4. The maximum atomic E-state index is 12.0. The van der Waals surface area contributed by atoms with Gasteiger partial charge in [-0.05, 0) is 37.5 Å². The van der Waals surface area contributed by atoms with Crippen molar-refractivity contribution < 1.29 is 14.7 Å². The van der Waals surface area contributed by atoms with E-state index < -0.39 is 12.0 Å². The maximum Gasteiger partial charge on any atom is 0.326 e.